The van der Waals surface area contributed by atoms with Gasteiger partial charge in [-0.05, 0) is 38.5 Å². The first-order valence-electron chi connectivity index (χ1n) is 6.09. The van der Waals surface area contributed by atoms with Gasteiger partial charge in [0.2, 0.25) is 0 Å². The lowest BCUT2D eigenvalue weighted by Crippen LogP contribution is -2.07. The molecule has 0 fully saturated rings. The molecule has 102 valence electrons. The van der Waals surface area contributed by atoms with E-state index in [1.54, 1.807) is 13.8 Å². The molecular formula is C15H16F2O2. The van der Waals surface area contributed by atoms with E-state index in [1.165, 1.54) is 18.2 Å². The zero-order valence-electron chi connectivity index (χ0n) is 11.1. The van der Waals surface area contributed by atoms with Crippen LogP contribution < -0.4 is 0 Å². The van der Waals surface area contributed by atoms with E-state index >= 15 is 0 Å². The lowest BCUT2D eigenvalue weighted by Gasteiger charge is -2.12. The maximum Gasteiger partial charge on any atom is 0.129 e. The van der Waals surface area contributed by atoms with E-state index < -0.39 is 17.7 Å². The van der Waals surface area contributed by atoms with Gasteiger partial charge in [0.15, 0.2) is 0 Å². The summed E-state index contributed by atoms with van der Waals surface area (Å²) in [4.78, 5) is 0. The summed E-state index contributed by atoms with van der Waals surface area (Å²) in [6.07, 6.45) is -1.09. The molecule has 19 heavy (non-hydrogen) atoms. The fourth-order valence-corrected chi connectivity index (χ4v) is 2.32. The number of aryl methyl sites for hydroxylation is 2. The average Bonchev–Trinajstić information content (AvgIpc) is 2.58. The summed E-state index contributed by atoms with van der Waals surface area (Å²) in [5, 5.41) is 10.2. The van der Waals surface area contributed by atoms with Crippen LogP contribution in [0.15, 0.2) is 22.6 Å². The van der Waals surface area contributed by atoms with Gasteiger partial charge in [0.05, 0.1) is 6.10 Å². The second kappa shape index (κ2) is 5.13. The fourth-order valence-electron chi connectivity index (χ4n) is 2.32. The van der Waals surface area contributed by atoms with Crippen LogP contribution in [-0.4, -0.2) is 5.11 Å². The first kappa shape index (κ1) is 13.7. The van der Waals surface area contributed by atoms with Gasteiger partial charge in [0.1, 0.15) is 23.2 Å². The number of benzene rings is 1. The maximum atomic E-state index is 13.6. The Morgan fingerprint density at radius 3 is 2.16 bits per heavy atom. The van der Waals surface area contributed by atoms with Gasteiger partial charge >= 0.3 is 0 Å². The van der Waals surface area contributed by atoms with E-state index in [1.807, 2.05) is 6.92 Å². The molecule has 1 aromatic carbocycles. The third-order valence-corrected chi connectivity index (χ3v) is 3.41. The van der Waals surface area contributed by atoms with Crippen molar-refractivity contribution in [2.24, 2.45) is 0 Å². The molecule has 0 saturated heterocycles. The summed E-state index contributed by atoms with van der Waals surface area (Å²) in [6, 6.07) is 3.68. The zero-order valence-corrected chi connectivity index (χ0v) is 11.1. The minimum absolute atomic E-state index is 0.104. The lowest BCUT2D eigenvalue weighted by atomic mass is 9.97. The van der Waals surface area contributed by atoms with Gasteiger partial charge in [-0.2, -0.15) is 0 Å². The number of aliphatic hydroxyl groups is 1. The molecule has 1 aromatic heterocycles. The molecule has 4 heteroatoms. The van der Waals surface area contributed by atoms with Crippen molar-refractivity contribution < 1.29 is 18.3 Å². The molecule has 1 N–H and O–H groups in total. The number of hydrogen-bond acceptors (Lipinski definition) is 2. The second-order valence-corrected chi connectivity index (χ2v) is 4.67. The van der Waals surface area contributed by atoms with Crippen molar-refractivity contribution in [2.75, 3.05) is 0 Å². The van der Waals surface area contributed by atoms with E-state index in [0.717, 1.165) is 5.56 Å². The summed E-state index contributed by atoms with van der Waals surface area (Å²) in [6.45, 7) is 5.35. The number of furan rings is 1. The van der Waals surface area contributed by atoms with E-state index in [4.69, 9.17) is 4.42 Å². The van der Waals surface area contributed by atoms with Crippen LogP contribution in [0.1, 0.15) is 34.3 Å². The van der Waals surface area contributed by atoms with Gasteiger partial charge < -0.3 is 9.52 Å². The molecule has 0 radical (unpaired) electrons. The van der Waals surface area contributed by atoms with Crippen molar-refractivity contribution >= 4 is 0 Å². The van der Waals surface area contributed by atoms with Crippen molar-refractivity contribution in [3.63, 3.8) is 0 Å². The molecule has 0 aliphatic heterocycles. The molecule has 1 heterocycles. The first-order chi connectivity index (χ1) is 8.91. The van der Waals surface area contributed by atoms with Crippen LogP contribution in [-0.2, 0) is 6.42 Å². The van der Waals surface area contributed by atoms with E-state index in [2.05, 4.69) is 0 Å². The first-order valence-corrected chi connectivity index (χ1v) is 6.09. The van der Waals surface area contributed by atoms with Gasteiger partial charge in [-0.25, -0.2) is 8.78 Å². The highest BCUT2D eigenvalue weighted by molar-refractivity contribution is 5.34. The molecule has 1 unspecified atom stereocenters. The fraction of sp³-hybridized carbons (Fsp3) is 0.333. The summed E-state index contributed by atoms with van der Waals surface area (Å²) in [7, 11) is 0. The highest BCUT2D eigenvalue weighted by atomic mass is 19.1. The molecule has 0 amide bonds. The number of aliphatic hydroxyl groups excluding tert-OH is 1. The highest BCUT2D eigenvalue weighted by Gasteiger charge is 2.22. The lowest BCUT2D eigenvalue weighted by molar-refractivity contribution is 0.173. The molecule has 2 nitrogen and oxygen atoms in total. The topological polar surface area (TPSA) is 33.4 Å². The molecule has 0 aliphatic carbocycles. The van der Waals surface area contributed by atoms with Crippen molar-refractivity contribution in [3.05, 3.63) is 58.0 Å². The van der Waals surface area contributed by atoms with Crippen LogP contribution in [0.3, 0.4) is 0 Å². The molecule has 0 saturated carbocycles. The monoisotopic (exact) mass is 266 g/mol. The quantitative estimate of drug-likeness (QED) is 0.917. The van der Waals surface area contributed by atoms with E-state index in [-0.39, 0.29) is 12.0 Å². The Hall–Kier alpha value is -1.68. The summed E-state index contributed by atoms with van der Waals surface area (Å²) >= 11 is 0. The van der Waals surface area contributed by atoms with Gasteiger partial charge in [-0.1, -0.05) is 6.07 Å². The second-order valence-electron chi connectivity index (χ2n) is 4.67. The Bertz CT molecular complexity index is 582. The molecule has 1 atom stereocenters. The SMILES string of the molecule is Cc1oc(C)c(C(O)Cc2c(F)cccc2F)c1C. The van der Waals surface area contributed by atoms with Gasteiger partial charge in [-0.3, -0.25) is 0 Å². The van der Waals surface area contributed by atoms with Gasteiger partial charge in [-0.15, -0.1) is 0 Å². The standard InChI is InChI=1S/C15H16F2O2/c1-8-9(2)19-10(3)15(8)14(18)7-11-12(16)5-4-6-13(11)17/h4-6,14,18H,7H2,1-3H3. The van der Waals surface area contributed by atoms with Crippen LogP contribution in [0, 0.1) is 32.4 Å². The van der Waals surface area contributed by atoms with Crippen LogP contribution in [0.5, 0.6) is 0 Å². The zero-order chi connectivity index (χ0) is 14.2. The summed E-state index contributed by atoms with van der Waals surface area (Å²) < 4.78 is 32.5. The molecular weight excluding hydrogens is 250 g/mol. The van der Waals surface area contributed by atoms with Crippen LogP contribution in [0.2, 0.25) is 0 Å². The van der Waals surface area contributed by atoms with Gasteiger partial charge in [0, 0.05) is 17.5 Å². The third kappa shape index (κ3) is 2.54. The van der Waals surface area contributed by atoms with Crippen molar-refractivity contribution in [1.82, 2.24) is 0 Å². The van der Waals surface area contributed by atoms with Crippen LogP contribution in [0.4, 0.5) is 8.78 Å². The number of rotatable bonds is 3. The maximum absolute atomic E-state index is 13.6. The summed E-state index contributed by atoms with van der Waals surface area (Å²) in [5.41, 5.74) is 1.33. The average molecular weight is 266 g/mol. The molecule has 0 bridgehead atoms. The Balaban J connectivity index is 2.33. The molecule has 2 rings (SSSR count). The Labute approximate surface area is 110 Å². The number of halogens is 2. The van der Waals surface area contributed by atoms with E-state index in [9.17, 15) is 13.9 Å². The minimum Gasteiger partial charge on any atom is -0.466 e. The van der Waals surface area contributed by atoms with Crippen LogP contribution in [0.25, 0.3) is 0 Å². The highest BCUT2D eigenvalue weighted by Crippen LogP contribution is 2.30. The Morgan fingerprint density at radius 2 is 1.68 bits per heavy atom. The largest absolute Gasteiger partial charge is 0.466 e. The molecule has 2 aromatic rings. The van der Waals surface area contributed by atoms with Crippen LogP contribution >= 0.6 is 0 Å². The predicted octanol–water partition coefficient (Wildman–Crippen LogP) is 3.76. The molecule has 0 aliphatic rings. The minimum atomic E-state index is -0.983. The van der Waals surface area contributed by atoms with Crippen molar-refractivity contribution in [2.45, 2.75) is 33.3 Å². The number of hydrogen-bond donors (Lipinski definition) is 1. The Morgan fingerprint density at radius 1 is 1.11 bits per heavy atom. The Kier molecular flexibility index (Phi) is 3.71. The van der Waals surface area contributed by atoms with Crippen molar-refractivity contribution in [1.29, 1.82) is 0 Å². The summed E-state index contributed by atoms with van der Waals surface area (Å²) in [5.74, 6) is 0.00366. The van der Waals surface area contributed by atoms with E-state index in [0.29, 0.717) is 17.1 Å². The third-order valence-electron chi connectivity index (χ3n) is 3.41. The smallest absolute Gasteiger partial charge is 0.129 e. The molecule has 0 spiro atoms. The van der Waals surface area contributed by atoms with Crippen molar-refractivity contribution in [3.8, 4) is 0 Å². The van der Waals surface area contributed by atoms with Gasteiger partial charge in [0.25, 0.3) is 0 Å². The predicted molar refractivity (Wildman–Crippen MR) is 67.9 cm³/mol. The normalized spacial score (nSPS) is 12.7.